The smallest absolute Gasteiger partial charge is 0.265 e. The highest BCUT2D eigenvalue weighted by Gasteiger charge is 2.24. The van der Waals surface area contributed by atoms with Crippen molar-refractivity contribution in [1.29, 1.82) is 0 Å². The number of nitrogens with two attached hydrogens (primary N) is 2. The molecule has 6 nitrogen and oxygen atoms in total. The van der Waals surface area contributed by atoms with Crippen LogP contribution in [0.3, 0.4) is 0 Å². The Morgan fingerprint density at radius 2 is 2.00 bits per heavy atom. The van der Waals surface area contributed by atoms with Crippen LogP contribution >= 0.6 is 11.3 Å². The molecule has 1 aromatic heterocycles. The van der Waals surface area contributed by atoms with Gasteiger partial charge >= 0.3 is 0 Å². The lowest BCUT2D eigenvalue weighted by molar-refractivity contribution is 0.0833. The van der Waals surface area contributed by atoms with Crippen LogP contribution in [0.2, 0.25) is 0 Å². The molecule has 0 aromatic carbocycles. The third kappa shape index (κ3) is 3.37. The van der Waals surface area contributed by atoms with Crippen molar-refractivity contribution in [2.75, 3.05) is 31.7 Å². The summed E-state index contributed by atoms with van der Waals surface area (Å²) in [5, 5.41) is 3.69. The number of thiophene rings is 1. The van der Waals surface area contributed by atoms with E-state index in [0.717, 1.165) is 12.8 Å². The number of hydrogen-bond donors (Lipinski definition) is 3. The van der Waals surface area contributed by atoms with E-state index in [1.165, 1.54) is 16.2 Å². The molecule has 106 valence electrons. The maximum atomic E-state index is 12.0. The van der Waals surface area contributed by atoms with Crippen LogP contribution in [-0.4, -0.2) is 37.4 Å². The van der Waals surface area contributed by atoms with Gasteiger partial charge in [-0.3, -0.25) is 9.59 Å². The summed E-state index contributed by atoms with van der Waals surface area (Å²) < 4.78 is 0. The van der Waals surface area contributed by atoms with Crippen LogP contribution in [0.15, 0.2) is 0 Å². The van der Waals surface area contributed by atoms with Gasteiger partial charge in [0.05, 0.1) is 11.3 Å². The monoisotopic (exact) mass is 284 g/mol. The van der Waals surface area contributed by atoms with Crippen molar-refractivity contribution in [2.24, 2.45) is 5.73 Å². The second-order valence-corrected chi connectivity index (χ2v) is 5.41. The van der Waals surface area contributed by atoms with Crippen molar-refractivity contribution >= 4 is 33.8 Å². The first-order chi connectivity index (χ1) is 8.90. The minimum Gasteiger partial charge on any atom is -0.397 e. The van der Waals surface area contributed by atoms with Gasteiger partial charge in [0, 0.05) is 20.6 Å². The van der Waals surface area contributed by atoms with Crippen LogP contribution in [0.4, 0.5) is 10.7 Å². The normalized spacial score (nSPS) is 10.3. The molecule has 0 saturated carbocycles. The SMILES string of the molecule is CCCCNc1sc(C(=O)N(C)C)c(N)c1C(N)=O. The summed E-state index contributed by atoms with van der Waals surface area (Å²) in [4.78, 5) is 25.2. The van der Waals surface area contributed by atoms with E-state index in [4.69, 9.17) is 11.5 Å². The predicted molar refractivity (Wildman–Crippen MR) is 78.7 cm³/mol. The average molecular weight is 284 g/mol. The Labute approximate surface area is 116 Å². The highest BCUT2D eigenvalue weighted by Crippen LogP contribution is 2.36. The van der Waals surface area contributed by atoms with E-state index in [0.29, 0.717) is 16.4 Å². The Morgan fingerprint density at radius 1 is 1.37 bits per heavy atom. The van der Waals surface area contributed by atoms with E-state index in [-0.39, 0.29) is 17.2 Å². The molecule has 7 heteroatoms. The average Bonchev–Trinajstić information content (AvgIpc) is 2.65. The number of nitrogens with zero attached hydrogens (tertiary/aromatic N) is 1. The molecule has 0 spiro atoms. The summed E-state index contributed by atoms with van der Waals surface area (Å²) in [5.41, 5.74) is 11.6. The van der Waals surface area contributed by atoms with Crippen LogP contribution in [-0.2, 0) is 0 Å². The van der Waals surface area contributed by atoms with Gasteiger partial charge in [0.2, 0.25) is 0 Å². The van der Waals surface area contributed by atoms with Gasteiger partial charge in [-0.05, 0) is 6.42 Å². The van der Waals surface area contributed by atoms with Crippen LogP contribution in [0, 0.1) is 0 Å². The van der Waals surface area contributed by atoms with Gasteiger partial charge in [0.1, 0.15) is 9.88 Å². The van der Waals surface area contributed by atoms with Gasteiger partial charge in [0.15, 0.2) is 0 Å². The van der Waals surface area contributed by atoms with E-state index in [1.807, 2.05) is 0 Å². The second kappa shape index (κ2) is 6.42. The van der Waals surface area contributed by atoms with Crippen LogP contribution < -0.4 is 16.8 Å². The molecule has 1 heterocycles. The van der Waals surface area contributed by atoms with E-state index < -0.39 is 5.91 Å². The maximum absolute atomic E-state index is 12.0. The predicted octanol–water partition coefficient (Wildman–Crippen LogP) is 1.34. The quantitative estimate of drug-likeness (QED) is 0.686. The number of rotatable bonds is 6. The Kier molecular flexibility index (Phi) is 5.17. The fraction of sp³-hybridized carbons (Fsp3) is 0.500. The standard InChI is InChI=1S/C12H20N4O2S/c1-4-5-6-15-11-7(10(14)17)8(13)9(19-11)12(18)16(2)3/h15H,4-6,13H2,1-3H3,(H2,14,17). The Morgan fingerprint density at radius 3 is 2.47 bits per heavy atom. The Hall–Kier alpha value is -1.76. The van der Waals surface area contributed by atoms with Crippen molar-refractivity contribution in [2.45, 2.75) is 19.8 Å². The van der Waals surface area contributed by atoms with Gasteiger partial charge in [-0.1, -0.05) is 13.3 Å². The summed E-state index contributed by atoms with van der Waals surface area (Å²) in [6.07, 6.45) is 2.00. The van der Waals surface area contributed by atoms with E-state index in [9.17, 15) is 9.59 Å². The molecule has 0 saturated heterocycles. The van der Waals surface area contributed by atoms with E-state index in [2.05, 4.69) is 12.2 Å². The Bertz CT molecular complexity index is 482. The number of amides is 2. The molecule has 0 fully saturated rings. The molecule has 0 aliphatic heterocycles. The maximum Gasteiger partial charge on any atom is 0.265 e. The van der Waals surface area contributed by atoms with Crippen molar-refractivity contribution in [3.8, 4) is 0 Å². The van der Waals surface area contributed by atoms with Crippen molar-refractivity contribution < 1.29 is 9.59 Å². The first-order valence-corrected chi connectivity index (χ1v) is 6.89. The molecule has 0 aliphatic carbocycles. The molecule has 0 atom stereocenters. The van der Waals surface area contributed by atoms with Gasteiger partial charge in [-0.15, -0.1) is 11.3 Å². The number of hydrogen-bond acceptors (Lipinski definition) is 5. The number of carbonyl (C=O) groups is 2. The first-order valence-electron chi connectivity index (χ1n) is 6.07. The zero-order valence-electron chi connectivity index (χ0n) is 11.4. The number of primary amides is 1. The molecule has 5 N–H and O–H groups in total. The van der Waals surface area contributed by atoms with Gasteiger partial charge < -0.3 is 21.7 Å². The molecule has 0 bridgehead atoms. The van der Waals surface area contributed by atoms with Gasteiger partial charge in [-0.25, -0.2) is 0 Å². The molecular weight excluding hydrogens is 264 g/mol. The molecule has 2 amide bonds. The van der Waals surface area contributed by atoms with Crippen molar-refractivity contribution in [3.63, 3.8) is 0 Å². The van der Waals surface area contributed by atoms with Crippen LogP contribution in [0.1, 0.15) is 39.8 Å². The number of anilines is 2. The summed E-state index contributed by atoms with van der Waals surface area (Å²) in [6.45, 7) is 2.78. The zero-order chi connectivity index (χ0) is 14.6. The lowest BCUT2D eigenvalue weighted by Gasteiger charge is -2.08. The fourth-order valence-electron chi connectivity index (χ4n) is 1.55. The van der Waals surface area contributed by atoms with E-state index >= 15 is 0 Å². The zero-order valence-corrected chi connectivity index (χ0v) is 12.3. The summed E-state index contributed by atoms with van der Waals surface area (Å²) in [7, 11) is 3.27. The van der Waals surface area contributed by atoms with Gasteiger partial charge in [-0.2, -0.15) is 0 Å². The second-order valence-electron chi connectivity index (χ2n) is 4.39. The highest BCUT2D eigenvalue weighted by molar-refractivity contribution is 7.19. The summed E-state index contributed by atoms with van der Waals surface area (Å²) in [6, 6.07) is 0. The van der Waals surface area contributed by atoms with Crippen molar-refractivity contribution in [1.82, 2.24) is 4.90 Å². The largest absolute Gasteiger partial charge is 0.397 e. The minimum atomic E-state index is -0.620. The molecule has 0 unspecified atom stereocenters. The van der Waals surface area contributed by atoms with Gasteiger partial charge in [0.25, 0.3) is 11.8 Å². The lowest BCUT2D eigenvalue weighted by Crippen LogP contribution is -2.22. The molecular formula is C12H20N4O2S. The third-order valence-corrected chi connectivity index (χ3v) is 3.76. The summed E-state index contributed by atoms with van der Waals surface area (Å²) >= 11 is 1.17. The van der Waals surface area contributed by atoms with Crippen LogP contribution in [0.5, 0.6) is 0 Å². The molecule has 1 rings (SSSR count). The molecule has 0 radical (unpaired) electrons. The third-order valence-electron chi connectivity index (χ3n) is 2.61. The topological polar surface area (TPSA) is 101 Å². The minimum absolute atomic E-state index is 0.162. The lowest BCUT2D eigenvalue weighted by atomic mass is 10.2. The number of nitrogens with one attached hydrogen (secondary N) is 1. The molecule has 19 heavy (non-hydrogen) atoms. The number of nitrogen functional groups attached to an aromatic ring is 1. The first kappa shape index (κ1) is 15.3. The number of carbonyl (C=O) groups excluding carboxylic acids is 2. The Balaban J connectivity index is 3.12. The van der Waals surface area contributed by atoms with Crippen LogP contribution in [0.25, 0.3) is 0 Å². The van der Waals surface area contributed by atoms with Crippen molar-refractivity contribution in [3.05, 3.63) is 10.4 Å². The molecule has 0 aliphatic rings. The fourth-order valence-corrected chi connectivity index (χ4v) is 2.73. The molecule has 1 aromatic rings. The highest BCUT2D eigenvalue weighted by atomic mass is 32.1. The summed E-state index contributed by atoms with van der Waals surface area (Å²) in [5.74, 6) is -0.848. The van der Waals surface area contributed by atoms with E-state index in [1.54, 1.807) is 14.1 Å². The number of unbranched alkanes of at least 4 members (excludes halogenated alkanes) is 1.